The van der Waals surface area contributed by atoms with Gasteiger partial charge in [0.25, 0.3) is 6.01 Å². The molecule has 0 radical (unpaired) electrons. The van der Waals surface area contributed by atoms with Crippen LogP contribution in [0.5, 0.6) is 11.8 Å². The Hall–Kier alpha value is -3.26. The first-order valence-corrected chi connectivity index (χ1v) is 11.4. The highest BCUT2D eigenvalue weighted by atomic mass is 35.5. The molecule has 14 heteroatoms. The van der Waals surface area contributed by atoms with E-state index in [9.17, 15) is 18.7 Å². The standard InChI is InChI=1S/C22H22ClF2N5O6/c23-11-5-14-21(30-22(28-14)36-16-8-35-18-15(31)7-34-19(16)18)29-20(11)27-6-10-12(24)3-9(4-13(10)25)33-2-1-17(26)32/h3-5,15-16,18-19,31H,1-2,6-8H2,(H2,26,32)(H2,27,28,29,30)/t15-,16-,18-,19-/m1/s1. The number of ether oxygens (including phenoxy) is 4. The molecule has 2 aliphatic rings. The zero-order valence-electron chi connectivity index (χ0n) is 18.7. The van der Waals surface area contributed by atoms with Crippen molar-refractivity contribution in [2.75, 3.05) is 25.1 Å². The van der Waals surface area contributed by atoms with Gasteiger partial charge < -0.3 is 40.1 Å². The number of aliphatic hydroxyl groups is 1. The fourth-order valence-corrected chi connectivity index (χ4v) is 4.26. The van der Waals surface area contributed by atoms with Crippen LogP contribution in [0, 0.1) is 11.6 Å². The second-order valence-electron chi connectivity index (χ2n) is 8.34. The summed E-state index contributed by atoms with van der Waals surface area (Å²) in [5, 5.41) is 12.9. The Balaban J connectivity index is 1.26. The van der Waals surface area contributed by atoms with Crippen molar-refractivity contribution in [1.82, 2.24) is 15.0 Å². The first-order chi connectivity index (χ1) is 17.3. The van der Waals surface area contributed by atoms with E-state index in [0.29, 0.717) is 5.52 Å². The topological polar surface area (TPSA) is 154 Å². The summed E-state index contributed by atoms with van der Waals surface area (Å²) in [6, 6.07) is 3.74. The van der Waals surface area contributed by atoms with Crippen LogP contribution in [0.2, 0.25) is 5.02 Å². The minimum atomic E-state index is -0.847. The van der Waals surface area contributed by atoms with E-state index >= 15 is 0 Å². The highest BCUT2D eigenvalue weighted by Crippen LogP contribution is 2.31. The number of benzene rings is 1. The molecule has 0 unspecified atom stereocenters. The largest absolute Gasteiger partial charge is 0.493 e. The number of halogens is 3. The number of amides is 1. The van der Waals surface area contributed by atoms with Gasteiger partial charge in [-0.3, -0.25) is 4.79 Å². The quantitative estimate of drug-likeness (QED) is 0.326. The van der Waals surface area contributed by atoms with E-state index in [1.807, 2.05) is 0 Å². The summed E-state index contributed by atoms with van der Waals surface area (Å²) in [6.07, 6.45) is -2.10. The molecule has 2 saturated heterocycles. The van der Waals surface area contributed by atoms with Crippen molar-refractivity contribution in [1.29, 1.82) is 0 Å². The van der Waals surface area contributed by atoms with E-state index in [1.165, 1.54) is 0 Å². The lowest BCUT2D eigenvalue weighted by Gasteiger charge is -2.15. The number of aromatic amines is 1. The molecule has 36 heavy (non-hydrogen) atoms. The highest BCUT2D eigenvalue weighted by molar-refractivity contribution is 6.33. The molecule has 3 aromatic rings. The Morgan fingerprint density at radius 3 is 2.72 bits per heavy atom. The van der Waals surface area contributed by atoms with Gasteiger partial charge in [0, 0.05) is 24.2 Å². The molecule has 11 nitrogen and oxygen atoms in total. The summed E-state index contributed by atoms with van der Waals surface area (Å²) in [4.78, 5) is 22.3. The molecule has 0 aliphatic carbocycles. The Labute approximate surface area is 207 Å². The monoisotopic (exact) mass is 525 g/mol. The smallest absolute Gasteiger partial charge is 0.296 e. The van der Waals surface area contributed by atoms with Crippen molar-refractivity contribution in [3.63, 3.8) is 0 Å². The number of aliphatic hydroxyl groups excluding tert-OH is 1. The molecule has 0 spiro atoms. The number of pyridine rings is 1. The van der Waals surface area contributed by atoms with Crippen LogP contribution in [0.3, 0.4) is 0 Å². The van der Waals surface area contributed by atoms with Crippen molar-refractivity contribution in [2.24, 2.45) is 5.73 Å². The van der Waals surface area contributed by atoms with E-state index in [4.69, 9.17) is 36.3 Å². The number of nitrogens with zero attached hydrogens (tertiary/aromatic N) is 2. The van der Waals surface area contributed by atoms with E-state index < -0.39 is 42.0 Å². The summed E-state index contributed by atoms with van der Waals surface area (Å²) in [5.41, 5.74) is 5.51. The molecule has 192 valence electrons. The fraction of sp³-hybridized carbons (Fsp3) is 0.409. The number of anilines is 1. The second-order valence-corrected chi connectivity index (χ2v) is 8.74. The highest BCUT2D eigenvalue weighted by Gasteiger charge is 2.48. The Morgan fingerprint density at radius 2 is 1.97 bits per heavy atom. The zero-order chi connectivity index (χ0) is 25.4. The predicted octanol–water partition coefficient (Wildman–Crippen LogP) is 1.66. The molecule has 2 aromatic heterocycles. The third kappa shape index (κ3) is 5.00. The van der Waals surface area contributed by atoms with Crippen molar-refractivity contribution < 1.29 is 37.6 Å². The maximum atomic E-state index is 14.5. The van der Waals surface area contributed by atoms with E-state index in [1.54, 1.807) is 6.07 Å². The van der Waals surface area contributed by atoms with Gasteiger partial charge in [-0.15, -0.1) is 0 Å². The molecule has 2 aliphatic heterocycles. The van der Waals surface area contributed by atoms with Gasteiger partial charge in [-0.05, 0) is 6.07 Å². The number of imidazole rings is 1. The first-order valence-electron chi connectivity index (χ1n) is 11.1. The van der Waals surface area contributed by atoms with Crippen molar-refractivity contribution in [3.8, 4) is 11.8 Å². The molecule has 0 bridgehead atoms. The third-order valence-electron chi connectivity index (χ3n) is 5.81. The number of fused-ring (bicyclic) bond motifs is 2. The maximum absolute atomic E-state index is 14.5. The van der Waals surface area contributed by atoms with E-state index in [-0.39, 0.29) is 66.6 Å². The van der Waals surface area contributed by atoms with Crippen molar-refractivity contribution >= 4 is 34.5 Å². The summed E-state index contributed by atoms with van der Waals surface area (Å²) >= 11 is 6.30. The summed E-state index contributed by atoms with van der Waals surface area (Å²) < 4.78 is 51.1. The lowest BCUT2D eigenvalue weighted by molar-refractivity contribution is -0.118. The number of rotatable bonds is 9. The van der Waals surface area contributed by atoms with Crippen LogP contribution in [-0.4, -0.2) is 70.2 Å². The molecule has 1 amide bonds. The van der Waals surface area contributed by atoms with Crippen LogP contribution in [0.15, 0.2) is 18.2 Å². The number of primary amides is 1. The molecule has 4 atom stereocenters. The van der Waals surface area contributed by atoms with Gasteiger partial charge in [0.2, 0.25) is 5.91 Å². The van der Waals surface area contributed by atoms with Crippen LogP contribution in [0.25, 0.3) is 11.2 Å². The molecular weight excluding hydrogens is 504 g/mol. The Bertz CT molecular complexity index is 1270. The fourth-order valence-electron chi connectivity index (χ4n) is 4.04. The van der Waals surface area contributed by atoms with Gasteiger partial charge in [-0.1, -0.05) is 11.6 Å². The van der Waals surface area contributed by atoms with Gasteiger partial charge in [0.05, 0.1) is 36.8 Å². The van der Waals surface area contributed by atoms with Gasteiger partial charge in [-0.25, -0.2) is 13.8 Å². The lowest BCUT2D eigenvalue weighted by Crippen LogP contribution is -2.34. The lowest BCUT2D eigenvalue weighted by atomic mass is 10.1. The van der Waals surface area contributed by atoms with Crippen LogP contribution < -0.4 is 20.5 Å². The summed E-state index contributed by atoms with van der Waals surface area (Å²) in [6.45, 7) is 0.0579. The Morgan fingerprint density at radius 1 is 1.22 bits per heavy atom. The van der Waals surface area contributed by atoms with E-state index in [0.717, 1.165) is 12.1 Å². The molecule has 2 fully saturated rings. The minimum absolute atomic E-state index is 0.0619. The van der Waals surface area contributed by atoms with Crippen molar-refractivity contribution in [3.05, 3.63) is 40.4 Å². The van der Waals surface area contributed by atoms with Gasteiger partial charge in [0.15, 0.2) is 11.8 Å². The number of hydrogen-bond acceptors (Lipinski definition) is 9. The molecule has 1 aromatic carbocycles. The van der Waals surface area contributed by atoms with Gasteiger partial charge >= 0.3 is 0 Å². The van der Waals surface area contributed by atoms with E-state index in [2.05, 4.69) is 20.3 Å². The number of carbonyl (C=O) groups is 1. The number of hydrogen-bond donors (Lipinski definition) is 4. The SMILES string of the molecule is NC(=O)CCOc1cc(F)c(CNc2nc3nc(O[C@@H]4CO[C@H]5[C@@H]4OC[C@H]5O)[nH]c3cc2Cl)c(F)c1. The predicted molar refractivity (Wildman–Crippen MR) is 122 cm³/mol. The number of H-pyrrole nitrogens is 1. The number of nitrogens with one attached hydrogen (secondary N) is 2. The Kier molecular flexibility index (Phi) is 6.79. The van der Waals surface area contributed by atoms with Crippen LogP contribution in [0.4, 0.5) is 14.6 Å². The summed E-state index contributed by atoms with van der Waals surface area (Å²) in [5.74, 6) is -2.18. The first kappa shape index (κ1) is 24.4. The minimum Gasteiger partial charge on any atom is -0.493 e. The van der Waals surface area contributed by atoms with Crippen LogP contribution >= 0.6 is 11.6 Å². The van der Waals surface area contributed by atoms with Crippen LogP contribution in [0.1, 0.15) is 12.0 Å². The van der Waals surface area contributed by atoms with Crippen molar-refractivity contribution in [2.45, 2.75) is 37.4 Å². The third-order valence-corrected chi connectivity index (χ3v) is 6.10. The van der Waals surface area contributed by atoms with Gasteiger partial charge in [-0.2, -0.15) is 4.98 Å². The molecule has 4 heterocycles. The molecule has 5 N–H and O–H groups in total. The number of nitrogens with two attached hydrogens (primary N) is 1. The molecular formula is C22H22ClF2N5O6. The maximum Gasteiger partial charge on any atom is 0.296 e. The average Bonchev–Trinajstić information content (AvgIpc) is 3.50. The second kappa shape index (κ2) is 10.0. The molecule has 0 saturated carbocycles. The normalized spacial score (nSPS) is 23.1. The average molecular weight is 526 g/mol. The zero-order valence-corrected chi connectivity index (χ0v) is 19.4. The summed E-state index contributed by atoms with van der Waals surface area (Å²) in [7, 11) is 0. The van der Waals surface area contributed by atoms with Gasteiger partial charge in [0.1, 0.15) is 41.5 Å². The van der Waals surface area contributed by atoms with Crippen LogP contribution in [-0.2, 0) is 20.8 Å². The number of aromatic nitrogens is 3. The number of carbonyl (C=O) groups excluding carboxylic acids is 1. The molecule has 5 rings (SSSR count).